The first kappa shape index (κ1) is 20.6. The fraction of sp³-hybridized carbons (Fsp3) is 0.389. The molecule has 2 aliphatic rings. The van der Waals surface area contributed by atoms with E-state index in [4.69, 9.17) is 16.2 Å². The number of guanidine groups is 1. The van der Waals surface area contributed by atoms with Gasteiger partial charge in [-0.3, -0.25) is 9.59 Å². The number of aliphatic imine (C=N–C) groups is 1. The molecule has 0 spiro atoms. The number of sulfone groups is 1. The summed E-state index contributed by atoms with van der Waals surface area (Å²) in [5.74, 6) is -1.19. The number of amides is 2. The van der Waals surface area contributed by atoms with E-state index >= 15 is 0 Å². The van der Waals surface area contributed by atoms with Gasteiger partial charge in [-0.05, 0) is 24.3 Å². The molecule has 1 fully saturated rings. The zero-order chi connectivity index (χ0) is 21.2. The number of nitrogens with two attached hydrogens (primary N) is 2. The van der Waals surface area contributed by atoms with Gasteiger partial charge in [0.25, 0.3) is 11.8 Å². The lowest BCUT2D eigenvalue weighted by Crippen LogP contribution is -2.51. The summed E-state index contributed by atoms with van der Waals surface area (Å²) in [5.41, 5.74) is 11.0. The Kier molecular flexibility index (Phi) is 5.78. The van der Waals surface area contributed by atoms with Gasteiger partial charge >= 0.3 is 0 Å². The van der Waals surface area contributed by atoms with Crippen molar-refractivity contribution in [2.75, 3.05) is 37.3 Å². The fourth-order valence-corrected chi connectivity index (χ4v) is 4.22. The summed E-state index contributed by atoms with van der Waals surface area (Å²) in [4.78, 5) is 31.5. The van der Waals surface area contributed by atoms with Crippen LogP contribution in [0.2, 0.25) is 0 Å². The molecule has 10 nitrogen and oxygen atoms in total. The minimum absolute atomic E-state index is 0.0113. The Morgan fingerprint density at radius 2 is 1.86 bits per heavy atom. The third kappa shape index (κ3) is 4.67. The monoisotopic (exact) mass is 421 g/mol. The Morgan fingerprint density at radius 1 is 1.17 bits per heavy atom. The summed E-state index contributed by atoms with van der Waals surface area (Å²) in [6.07, 6.45) is 4.49. The zero-order valence-electron chi connectivity index (χ0n) is 15.9. The average molecular weight is 421 g/mol. The second kappa shape index (κ2) is 8.11. The molecule has 0 bridgehead atoms. The van der Waals surface area contributed by atoms with E-state index in [1.165, 1.54) is 18.4 Å². The van der Waals surface area contributed by atoms with Gasteiger partial charge in [0.15, 0.2) is 21.9 Å². The fourth-order valence-electron chi connectivity index (χ4n) is 3.30. The SMILES string of the molecule is CS(=O)(=O)c1cc(C(=O)N=C(N)N)ccc1N1CCN(C(=O)C2CC=CO2)CC1. The van der Waals surface area contributed by atoms with Crippen LogP contribution in [-0.4, -0.2) is 69.6 Å². The number of ether oxygens (including phenoxy) is 1. The van der Waals surface area contributed by atoms with Crippen LogP contribution in [0.15, 0.2) is 40.4 Å². The molecule has 1 saturated heterocycles. The summed E-state index contributed by atoms with van der Waals surface area (Å²) >= 11 is 0. The Hall–Kier alpha value is -3.08. The highest BCUT2D eigenvalue weighted by Crippen LogP contribution is 2.28. The molecule has 0 aromatic heterocycles. The van der Waals surface area contributed by atoms with Crippen molar-refractivity contribution in [1.29, 1.82) is 0 Å². The van der Waals surface area contributed by atoms with E-state index in [0.717, 1.165) is 6.26 Å². The third-order valence-corrected chi connectivity index (χ3v) is 5.86. The summed E-state index contributed by atoms with van der Waals surface area (Å²) in [7, 11) is -3.62. The number of hydrogen-bond donors (Lipinski definition) is 2. The van der Waals surface area contributed by atoms with Crippen molar-refractivity contribution in [2.24, 2.45) is 16.5 Å². The summed E-state index contributed by atoms with van der Waals surface area (Å²) in [6.45, 7) is 1.79. The molecule has 4 N–H and O–H groups in total. The van der Waals surface area contributed by atoms with Gasteiger partial charge in [0, 0.05) is 44.4 Å². The quantitative estimate of drug-likeness (QED) is 0.486. The molecule has 1 aromatic rings. The molecular weight excluding hydrogens is 398 g/mol. The van der Waals surface area contributed by atoms with Crippen LogP contribution in [0.5, 0.6) is 0 Å². The first-order valence-corrected chi connectivity index (χ1v) is 10.9. The number of carbonyl (C=O) groups excluding carboxylic acids is 2. The first-order valence-electron chi connectivity index (χ1n) is 8.99. The summed E-state index contributed by atoms with van der Waals surface area (Å²) < 4.78 is 29.9. The molecule has 3 rings (SSSR count). The molecule has 2 amide bonds. The highest BCUT2D eigenvalue weighted by molar-refractivity contribution is 7.90. The molecule has 1 aromatic carbocycles. The van der Waals surface area contributed by atoms with Crippen LogP contribution in [0.1, 0.15) is 16.8 Å². The smallest absolute Gasteiger partial charge is 0.280 e. The lowest BCUT2D eigenvalue weighted by atomic mass is 10.1. The van der Waals surface area contributed by atoms with Gasteiger partial charge in [0.1, 0.15) is 0 Å². The molecule has 2 heterocycles. The second-order valence-corrected chi connectivity index (χ2v) is 8.83. The van der Waals surface area contributed by atoms with Gasteiger partial charge in [-0.1, -0.05) is 0 Å². The molecular formula is C18H23N5O5S. The van der Waals surface area contributed by atoms with Crippen molar-refractivity contribution >= 4 is 33.3 Å². The highest BCUT2D eigenvalue weighted by Gasteiger charge is 2.30. The van der Waals surface area contributed by atoms with E-state index in [-0.39, 0.29) is 16.4 Å². The Morgan fingerprint density at radius 3 is 2.41 bits per heavy atom. The van der Waals surface area contributed by atoms with Crippen molar-refractivity contribution in [2.45, 2.75) is 17.4 Å². The lowest BCUT2D eigenvalue weighted by Gasteiger charge is -2.37. The predicted octanol–water partition coefficient (Wildman–Crippen LogP) is -0.545. The zero-order valence-corrected chi connectivity index (χ0v) is 16.8. The number of rotatable bonds is 4. The number of benzene rings is 1. The van der Waals surface area contributed by atoms with Crippen molar-refractivity contribution in [3.05, 3.63) is 36.1 Å². The Bertz CT molecular complexity index is 968. The van der Waals surface area contributed by atoms with E-state index in [1.54, 1.807) is 11.0 Å². The van der Waals surface area contributed by atoms with Crippen LogP contribution in [0.25, 0.3) is 0 Å². The Balaban J connectivity index is 1.79. The number of hydrogen-bond acceptors (Lipinski definition) is 6. The van der Waals surface area contributed by atoms with E-state index in [2.05, 4.69) is 4.99 Å². The molecule has 0 radical (unpaired) electrons. The molecule has 29 heavy (non-hydrogen) atoms. The maximum absolute atomic E-state index is 12.5. The minimum Gasteiger partial charge on any atom is -0.488 e. The standard InChI is InChI=1S/C18H23N5O5S/c1-29(26,27)15-11-12(16(24)21-18(19)20)4-5-13(15)22-6-8-23(9-7-22)17(25)14-3-2-10-28-14/h2,4-5,10-11,14H,3,6-9H2,1H3,(H4,19,20,21,24). The Labute approximate surface area is 168 Å². The maximum Gasteiger partial charge on any atom is 0.280 e. The van der Waals surface area contributed by atoms with Crippen LogP contribution >= 0.6 is 0 Å². The second-order valence-electron chi connectivity index (χ2n) is 6.84. The normalized spacial score (nSPS) is 19.0. The topological polar surface area (TPSA) is 148 Å². The minimum atomic E-state index is -3.62. The largest absolute Gasteiger partial charge is 0.488 e. The molecule has 2 aliphatic heterocycles. The first-order chi connectivity index (χ1) is 13.7. The molecule has 0 saturated carbocycles. The van der Waals surface area contributed by atoms with Crippen molar-refractivity contribution < 1.29 is 22.7 Å². The molecule has 1 atom stereocenters. The van der Waals surface area contributed by atoms with Gasteiger partial charge in [0.2, 0.25) is 0 Å². The number of nitrogens with zero attached hydrogens (tertiary/aromatic N) is 3. The van der Waals surface area contributed by atoms with E-state index < -0.39 is 27.8 Å². The van der Waals surface area contributed by atoms with Gasteiger partial charge in [-0.15, -0.1) is 0 Å². The van der Waals surface area contributed by atoms with Crippen molar-refractivity contribution in [1.82, 2.24) is 4.90 Å². The van der Waals surface area contributed by atoms with Crippen molar-refractivity contribution in [3.63, 3.8) is 0 Å². The molecule has 1 unspecified atom stereocenters. The third-order valence-electron chi connectivity index (χ3n) is 4.73. The molecule has 156 valence electrons. The van der Waals surface area contributed by atoms with Crippen LogP contribution in [0, 0.1) is 0 Å². The molecule has 0 aliphatic carbocycles. The number of carbonyl (C=O) groups is 2. The highest BCUT2D eigenvalue weighted by atomic mass is 32.2. The predicted molar refractivity (Wildman–Crippen MR) is 107 cm³/mol. The summed E-state index contributed by atoms with van der Waals surface area (Å²) in [5, 5.41) is 0. The maximum atomic E-state index is 12.5. The van der Waals surface area contributed by atoms with Crippen LogP contribution in [0.3, 0.4) is 0 Å². The van der Waals surface area contributed by atoms with Gasteiger partial charge < -0.3 is 26.0 Å². The molecule has 11 heteroatoms. The van der Waals surface area contributed by atoms with Crippen LogP contribution in [0.4, 0.5) is 5.69 Å². The van der Waals surface area contributed by atoms with E-state index in [0.29, 0.717) is 38.3 Å². The van der Waals surface area contributed by atoms with E-state index in [1.807, 2.05) is 11.0 Å². The van der Waals surface area contributed by atoms with Gasteiger partial charge in [-0.2, -0.15) is 4.99 Å². The summed E-state index contributed by atoms with van der Waals surface area (Å²) in [6, 6.07) is 4.32. The average Bonchev–Trinajstić information content (AvgIpc) is 3.20. The lowest BCUT2D eigenvalue weighted by molar-refractivity contribution is -0.139. The van der Waals surface area contributed by atoms with Gasteiger partial charge in [0.05, 0.1) is 16.8 Å². The van der Waals surface area contributed by atoms with E-state index in [9.17, 15) is 18.0 Å². The number of piperazine rings is 1. The van der Waals surface area contributed by atoms with Crippen LogP contribution in [-0.2, 0) is 19.4 Å². The number of anilines is 1. The van der Waals surface area contributed by atoms with Gasteiger partial charge in [-0.25, -0.2) is 8.42 Å². The van der Waals surface area contributed by atoms with Crippen LogP contribution < -0.4 is 16.4 Å². The van der Waals surface area contributed by atoms with Crippen molar-refractivity contribution in [3.8, 4) is 0 Å².